The van der Waals surface area contributed by atoms with Gasteiger partial charge in [0.2, 0.25) is 5.91 Å². The quantitative estimate of drug-likeness (QED) is 0.496. The lowest BCUT2D eigenvalue weighted by Crippen LogP contribution is -2.51. The van der Waals surface area contributed by atoms with Gasteiger partial charge in [-0.05, 0) is 69.4 Å². The third-order valence-corrected chi connectivity index (χ3v) is 7.66. The van der Waals surface area contributed by atoms with Crippen LogP contribution in [-0.2, 0) is 28.0 Å². The van der Waals surface area contributed by atoms with Crippen molar-refractivity contribution in [2.45, 2.75) is 57.7 Å². The number of hydrogen-bond acceptors (Lipinski definition) is 4. The number of H-pyrrole nitrogens is 1. The lowest BCUT2D eigenvalue weighted by molar-refractivity contribution is -0.139. The molecule has 0 bridgehead atoms. The molecule has 0 spiro atoms. The fourth-order valence-corrected chi connectivity index (χ4v) is 5.49. The van der Waals surface area contributed by atoms with E-state index in [-0.39, 0.29) is 17.9 Å². The molecule has 1 fully saturated rings. The van der Waals surface area contributed by atoms with Crippen molar-refractivity contribution in [1.82, 2.24) is 20.1 Å². The number of nitrogens with zero attached hydrogens (tertiary/aromatic N) is 2. The Kier molecular flexibility index (Phi) is 5.98. The van der Waals surface area contributed by atoms with Gasteiger partial charge in [-0.1, -0.05) is 30.3 Å². The van der Waals surface area contributed by atoms with Crippen molar-refractivity contribution in [3.05, 3.63) is 65.4 Å². The van der Waals surface area contributed by atoms with Crippen molar-refractivity contribution < 1.29 is 19.1 Å². The Morgan fingerprint density at radius 2 is 1.92 bits per heavy atom. The van der Waals surface area contributed by atoms with E-state index in [1.807, 2.05) is 43.3 Å². The van der Waals surface area contributed by atoms with E-state index in [4.69, 9.17) is 4.74 Å². The van der Waals surface area contributed by atoms with Crippen molar-refractivity contribution in [2.24, 2.45) is 0 Å². The number of carbonyl (C=O) groups is 3. The van der Waals surface area contributed by atoms with Crippen molar-refractivity contribution >= 4 is 28.7 Å². The summed E-state index contributed by atoms with van der Waals surface area (Å²) < 4.78 is 5.38. The van der Waals surface area contributed by atoms with Crippen molar-refractivity contribution in [2.75, 3.05) is 13.7 Å². The molecule has 188 valence electrons. The summed E-state index contributed by atoms with van der Waals surface area (Å²) in [5, 5.41) is 3.98. The molecule has 3 aromatic rings. The van der Waals surface area contributed by atoms with Crippen molar-refractivity contribution in [3.63, 3.8) is 0 Å². The first kappa shape index (κ1) is 23.9. The summed E-state index contributed by atoms with van der Waals surface area (Å²) in [4.78, 5) is 46.5. The van der Waals surface area contributed by atoms with Crippen LogP contribution in [0.5, 0.6) is 5.75 Å². The number of amides is 4. The van der Waals surface area contributed by atoms with Gasteiger partial charge < -0.3 is 19.9 Å². The first-order valence-corrected chi connectivity index (χ1v) is 12.4. The number of aromatic nitrogens is 1. The van der Waals surface area contributed by atoms with E-state index in [1.165, 1.54) is 5.56 Å². The summed E-state index contributed by atoms with van der Waals surface area (Å²) >= 11 is 0. The standard InChI is InChI=1S/C28H32N4O4/c1-17(10-11-19-8-6-5-7-9-19)29-25(33)18(2)32-26(34)28(3)24-21(14-15-31(28)27(32)35)22-16-20(36-4)12-13-23(22)30-24/h5-9,12-13,16-18,30H,10-11,14-15H2,1-4H3,(H,29,33)/t17?,18-,28-/m0/s1. The number of aryl methyl sites for hydroxylation is 1. The van der Waals surface area contributed by atoms with Gasteiger partial charge in [0.1, 0.15) is 11.8 Å². The Bertz CT molecular complexity index is 1330. The predicted octanol–water partition coefficient (Wildman–Crippen LogP) is 3.74. The smallest absolute Gasteiger partial charge is 0.328 e. The highest BCUT2D eigenvalue weighted by Gasteiger charge is 2.60. The normalized spacial score (nSPS) is 20.8. The van der Waals surface area contributed by atoms with E-state index < -0.39 is 17.6 Å². The number of methoxy groups -OCH3 is 1. The van der Waals surface area contributed by atoms with Crippen LogP contribution in [0, 0.1) is 0 Å². The van der Waals surface area contributed by atoms with Crippen LogP contribution in [0.1, 0.15) is 44.0 Å². The Labute approximate surface area is 210 Å². The minimum absolute atomic E-state index is 0.0959. The van der Waals surface area contributed by atoms with E-state index in [9.17, 15) is 14.4 Å². The third kappa shape index (κ3) is 3.72. The third-order valence-electron chi connectivity index (χ3n) is 7.66. The number of ether oxygens (including phenoxy) is 1. The number of benzene rings is 2. The van der Waals surface area contributed by atoms with Crippen LogP contribution in [0.15, 0.2) is 48.5 Å². The first-order valence-electron chi connectivity index (χ1n) is 12.4. The number of aromatic amines is 1. The van der Waals surface area contributed by atoms with Crippen LogP contribution in [0.4, 0.5) is 4.79 Å². The highest BCUT2D eigenvalue weighted by atomic mass is 16.5. The lowest BCUT2D eigenvalue weighted by atomic mass is 9.87. The largest absolute Gasteiger partial charge is 0.497 e. The summed E-state index contributed by atoms with van der Waals surface area (Å²) in [6, 6.07) is 14.4. The predicted molar refractivity (Wildman–Crippen MR) is 137 cm³/mol. The van der Waals surface area contributed by atoms with E-state index in [1.54, 1.807) is 25.9 Å². The molecule has 5 rings (SSSR count). The molecule has 1 saturated heterocycles. The molecule has 8 nitrogen and oxygen atoms in total. The molecule has 1 aromatic heterocycles. The van der Waals surface area contributed by atoms with E-state index in [0.29, 0.717) is 18.7 Å². The summed E-state index contributed by atoms with van der Waals surface area (Å²) in [5.41, 5.74) is 2.62. The van der Waals surface area contributed by atoms with E-state index in [2.05, 4.69) is 22.4 Å². The number of rotatable bonds is 7. The molecular weight excluding hydrogens is 456 g/mol. The number of nitrogens with one attached hydrogen (secondary N) is 2. The van der Waals surface area contributed by atoms with Crippen molar-refractivity contribution in [3.8, 4) is 5.75 Å². The summed E-state index contributed by atoms with van der Waals surface area (Å²) in [6.45, 7) is 5.73. The van der Waals surface area contributed by atoms with E-state index >= 15 is 0 Å². The molecule has 2 aliphatic rings. The zero-order chi connectivity index (χ0) is 25.6. The Morgan fingerprint density at radius 1 is 1.17 bits per heavy atom. The molecule has 0 saturated carbocycles. The maximum Gasteiger partial charge on any atom is 0.328 e. The second-order valence-electron chi connectivity index (χ2n) is 9.93. The SMILES string of the molecule is COc1ccc2[nH]c3c(c2c1)CCN1C(=O)N([C@@H](C)C(=O)NC(C)CCc2ccccc2)C(=O)[C@]31C. The molecule has 3 atom stereocenters. The Morgan fingerprint density at radius 3 is 2.64 bits per heavy atom. The van der Waals surface area contributed by atoms with Gasteiger partial charge in [-0.3, -0.25) is 9.59 Å². The maximum absolute atomic E-state index is 13.8. The molecule has 2 aliphatic heterocycles. The van der Waals surface area contributed by atoms with Gasteiger partial charge in [-0.2, -0.15) is 0 Å². The van der Waals surface area contributed by atoms with Gasteiger partial charge in [-0.15, -0.1) is 0 Å². The fraction of sp³-hybridized carbons (Fsp3) is 0.393. The monoisotopic (exact) mass is 488 g/mol. The molecule has 8 heteroatoms. The van der Waals surface area contributed by atoms with Gasteiger partial charge in [0.25, 0.3) is 5.91 Å². The van der Waals surface area contributed by atoms with Crippen LogP contribution in [0.2, 0.25) is 0 Å². The topological polar surface area (TPSA) is 94.7 Å². The average molecular weight is 489 g/mol. The van der Waals surface area contributed by atoms with Crippen LogP contribution in [-0.4, -0.2) is 58.4 Å². The first-order chi connectivity index (χ1) is 17.3. The molecule has 1 unspecified atom stereocenters. The highest BCUT2D eigenvalue weighted by Crippen LogP contribution is 2.45. The molecule has 2 N–H and O–H groups in total. The second kappa shape index (κ2) is 9.00. The molecule has 2 aromatic carbocycles. The van der Waals surface area contributed by atoms with Crippen LogP contribution < -0.4 is 10.1 Å². The Balaban J connectivity index is 1.35. The maximum atomic E-state index is 13.8. The Hall–Kier alpha value is -3.81. The molecular formula is C28H32N4O4. The minimum Gasteiger partial charge on any atom is -0.497 e. The molecule has 0 aliphatic carbocycles. The lowest BCUT2D eigenvalue weighted by Gasteiger charge is -2.36. The van der Waals surface area contributed by atoms with Gasteiger partial charge in [0, 0.05) is 23.5 Å². The number of hydrogen-bond donors (Lipinski definition) is 2. The molecule has 4 amide bonds. The zero-order valence-electron chi connectivity index (χ0n) is 21.1. The number of imide groups is 1. The van der Waals surface area contributed by atoms with Gasteiger partial charge in [0.15, 0.2) is 5.54 Å². The molecule has 3 heterocycles. The van der Waals surface area contributed by atoms with Gasteiger partial charge >= 0.3 is 6.03 Å². The average Bonchev–Trinajstić information content (AvgIpc) is 3.35. The summed E-state index contributed by atoms with van der Waals surface area (Å²) in [6.07, 6.45) is 2.20. The van der Waals surface area contributed by atoms with E-state index in [0.717, 1.165) is 40.0 Å². The number of carbonyl (C=O) groups excluding carboxylic acids is 3. The van der Waals surface area contributed by atoms with Gasteiger partial charge in [0.05, 0.1) is 12.8 Å². The molecule has 0 radical (unpaired) electrons. The fourth-order valence-electron chi connectivity index (χ4n) is 5.49. The zero-order valence-corrected chi connectivity index (χ0v) is 21.1. The summed E-state index contributed by atoms with van der Waals surface area (Å²) in [7, 11) is 1.62. The van der Waals surface area contributed by atoms with Crippen molar-refractivity contribution in [1.29, 1.82) is 0 Å². The highest BCUT2D eigenvalue weighted by molar-refractivity contribution is 6.11. The van der Waals surface area contributed by atoms with Crippen LogP contribution in [0.3, 0.4) is 0 Å². The van der Waals surface area contributed by atoms with Crippen LogP contribution in [0.25, 0.3) is 10.9 Å². The number of urea groups is 1. The minimum atomic E-state index is -1.19. The molecule has 36 heavy (non-hydrogen) atoms. The van der Waals surface area contributed by atoms with Crippen LogP contribution >= 0.6 is 0 Å². The van der Waals surface area contributed by atoms with Gasteiger partial charge in [-0.25, -0.2) is 9.69 Å². The summed E-state index contributed by atoms with van der Waals surface area (Å²) in [5.74, 6) is 0.0212. The number of fused-ring (bicyclic) bond motifs is 5. The second-order valence-corrected chi connectivity index (χ2v) is 9.93.